The fourth-order valence-electron chi connectivity index (χ4n) is 1.44. The number of amidine groups is 1. The van der Waals surface area contributed by atoms with Crippen molar-refractivity contribution in [3.63, 3.8) is 0 Å². The van der Waals surface area contributed by atoms with Crippen molar-refractivity contribution in [1.29, 1.82) is 5.41 Å². The molecule has 0 saturated heterocycles. The summed E-state index contributed by atoms with van der Waals surface area (Å²) < 4.78 is 29.4. The Bertz CT molecular complexity index is 684. The number of benzene rings is 1. The third-order valence-corrected chi connectivity index (χ3v) is 4.08. The highest BCUT2D eigenvalue weighted by Gasteiger charge is 2.22. The molecule has 0 aliphatic heterocycles. The number of hydrogen-bond donors (Lipinski definition) is 2. The lowest BCUT2D eigenvalue weighted by Gasteiger charge is -2.01. The van der Waals surface area contributed by atoms with Gasteiger partial charge in [-0.15, -0.1) is 0 Å². The Morgan fingerprint density at radius 1 is 1.17 bits per heavy atom. The first-order valence-electron chi connectivity index (χ1n) is 5.17. The van der Waals surface area contributed by atoms with Crippen LogP contribution in [0.3, 0.4) is 0 Å². The van der Waals surface area contributed by atoms with E-state index in [4.69, 9.17) is 15.6 Å². The number of rotatable bonds is 3. The van der Waals surface area contributed by atoms with E-state index in [1.165, 1.54) is 24.3 Å². The molecule has 0 unspecified atom stereocenters. The molecule has 2 rings (SSSR count). The molecule has 0 saturated carbocycles. The SMILES string of the molecule is Cc1ccc(S(=O)(=O)c2ccc(C(=N)N)o2)cc1. The van der Waals surface area contributed by atoms with Crippen LogP contribution >= 0.6 is 0 Å². The van der Waals surface area contributed by atoms with Crippen LogP contribution in [0, 0.1) is 12.3 Å². The van der Waals surface area contributed by atoms with Crippen LogP contribution in [0.5, 0.6) is 0 Å². The maximum absolute atomic E-state index is 12.2. The van der Waals surface area contributed by atoms with Gasteiger partial charge in [0.15, 0.2) is 11.6 Å². The molecule has 3 N–H and O–H groups in total. The molecule has 18 heavy (non-hydrogen) atoms. The number of furan rings is 1. The minimum atomic E-state index is -3.69. The minimum absolute atomic E-state index is 0.0423. The monoisotopic (exact) mass is 264 g/mol. The maximum atomic E-state index is 12.2. The van der Waals surface area contributed by atoms with E-state index in [1.54, 1.807) is 12.1 Å². The van der Waals surface area contributed by atoms with E-state index in [-0.39, 0.29) is 21.6 Å². The number of nitrogens with one attached hydrogen (secondary N) is 1. The van der Waals surface area contributed by atoms with Crippen LogP contribution in [-0.2, 0) is 9.84 Å². The molecule has 94 valence electrons. The summed E-state index contributed by atoms with van der Waals surface area (Å²) in [5, 5.41) is 6.96. The molecule has 1 aromatic carbocycles. The smallest absolute Gasteiger partial charge is 0.239 e. The summed E-state index contributed by atoms with van der Waals surface area (Å²) in [6, 6.07) is 9.11. The maximum Gasteiger partial charge on any atom is 0.239 e. The Balaban J connectivity index is 2.47. The Hall–Kier alpha value is -2.08. The van der Waals surface area contributed by atoms with E-state index in [9.17, 15) is 8.42 Å². The van der Waals surface area contributed by atoms with Crippen LogP contribution in [0.1, 0.15) is 11.3 Å². The van der Waals surface area contributed by atoms with Crippen LogP contribution in [0.25, 0.3) is 0 Å². The largest absolute Gasteiger partial charge is 0.441 e. The van der Waals surface area contributed by atoms with E-state index in [0.29, 0.717) is 0 Å². The van der Waals surface area contributed by atoms with Gasteiger partial charge in [-0.25, -0.2) is 8.42 Å². The van der Waals surface area contributed by atoms with Crippen molar-refractivity contribution in [2.45, 2.75) is 16.9 Å². The van der Waals surface area contributed by atoms with Gasteiger partial charge in [-0.3, -0.25) is 5.41 Å². The van der Waals surface area contributed by atoms with E-state index in [2.05, 4.69) is 0 Å². The lowest BCUT2D eigenvalue weighted by molar-refractivity contribution is 0.443. The van der Waals surface area contributed by atoms with Crippen molar-refractivity contribution < 1.29 is 12.8 Å². The molecular weight excluding hydrogens is 252 g/mol. The number of nitrogen functional groups attached to an aromatic ring is 1. The van der Waals surface area contributed by atoms with Gasteiger partial charge in [0.25, 0.3) is 0 Å². The van der Waals surface area contributed by atoms with E-state index >= 15 is 0 Å². The average molecular weight is 264 g/mol. The summed E-state index contributed by atoms with van der Waals surface area (Å²) in [6.07, 6.45) is 0. The molecule has 0 bridgehead atoms. The average Bonchev–Trinajstić information content (AvgIpc) is 2.79. The predicted molar refractivity (Wildman–Crippen MR) is 66.4 cm³/mol. The number of aryl methyl sites for hydroxylation is 1. The van der Waals surface area contributed by atoms with Gasteiger partial charge in [-0.2, -0.15) is 0 Å². The number of sulfone groups is 1. The second-order valence-electron chi connectivity index (χ2n) is 3.85. The predicted octanol–water partition coefficient (Wildman–Crippen LogP) is 1.70. The summed E-state index contributed by atoms with van der Waals surface area (Å²) in [5.74, 6) is -0.263. The Kier molecular flexibility index (Phi) is 2.96. The fourth-order valence-corrected chi connectivity index (χ4v) is 2.62. The zero-order valence-electron chi connectivity index (χ0n) is 9.67. The molecular formula is C12H12N2O3S. The van der Waals surface area contributed by atoms with Gasteiger partial charge in [0.1, 0.15) is 0 Å². The summed E-state index contributed by atoms with van der Waals surface area (Å²) in [5.41, 5.74) is 6.19. The third-order valence-electron chi connectivity index (χ3n) is 2.44. The highest BCUT2D eigenvalue weighted by atomic mass is 32.2. The molecule has 6 heteroatoms. The Morgan fingerprint density at radius 3 is 2.28 bits per heavy atom. The Labute approximate surface area is 105 Å². The lowest BCUT2D eigenvalue weighted by Crippen LogP contribution is -2.09. The van der Waals surface area contributed by atoms with Crippen LogP contribution in [0.15, 0.2) is 50.8 Å². The molecule has 5 nitrogen and oxygen atoms in total. The standard InChI is InChI=1S/C12H12N2O3S/c1-8-2-4-9(5-3-8)18(15,16)11-7-6-10(17-11)12(13)14/h2-7H,1H3,(H3,13,14). The minimum Gasteiger partial charge on any atom is -0.441 e. The summed E-state index contributed by atoms with van der Waals surface area (Å²) >= 11 is 0. The van der Waals surface area contributed by atoms with Crippen molar-refractivity contribution in [1.82, 2.24) is 0 Å². The lowest BCUT2D eigenvalue weighted by atomic mass is 10.2. The first-order chi connectivity index (χ1) is 8.41. The topological polar surface area (TPSA) is 97.2 Å². The van der Waals surface area contributed by atoms with Gasteiger partial charge in [-0.1, -0.05) is 17.7 Å². The van der Waals surface area contributed by atoms with Crippen LogP contribution < -0.4 is 5.73 Å². The highest BCUT2D eigenvalue weighted by Crippen LogP contribution is 2.22. The quantitative estimate of drug-likeness (QED) is 0.651. The first kappa shape index (κ1) is 12.4. The van der Waals surface area contributed by atoms with Crippen molar-refractivity contribution in [3.8, 4) is 0 Å². The molecule has 1 heterocycles. The van der Waals surface area contributed by atoms with Gasteiger partial charge in [0.2, 0.25) is 14.9 Å². The van der Waals surface area contributed by atoms with Gasteiger partial charge in [0, 0.05) is 0 Å². The number of hydrogen-bond acceptors (Lipinski definition) is 4. The summed E-state index contributed by atoms with van der Waals surface area (Å²) in [6.45, 7) is 1.87. The van der Waals surface area contributed by atoms with Crippen molar-refractivity contribution >= 4 is 15.7 Å². The molecule has 2 aromatic rings. The van der Waals surface area contributed by atoms with Gasteiger partial charge < -0.3 is 10.2 Å². The van der Waals surface area contributed by atoms with Gasteiger partial charge in [0.05, 0.1) is 4.90 Å². The second-order valence-corrected chi connectivity index (χ2v) is 5.73. The van der Waals surface area contributed by atoms with Gasteiger partial charge >= 0.3 is 0 Å². The Morgan fingerprint density at radius 2 is 1.78 bits per heavy atom. The highest BCUT2D eigenvalue weighted by molar-refractivity contribution is 7.91. The first-order valence-corrected chi connectivity index (χ1v) is 6.65. The fraction of sp³-hybridized carbons (Fsp3) is 0.0833. The molecule has 0 fully saturated rings. The summed E-state index contributed by atoms with van der Waals surface area (Å²) in [4.78, 5) is 0.151. The van der Waals surface area contributed by atoms with Gasteiger partial charge in [-0.05, 0) is 31.2 Å². The zero-order valence-corrected chi connectivity index (χ0v) is 10.5. The normalized spacial score (nSPS) is 11.4. The molecule has 0 spiro atoms. The van der Waals surface area contributed by atoms with Crippen molar-refractivity contribution in [2.75, 3.05) is 0 Å². The summed E-state index contributed by atoms with van der Waals surface area (Å²) in [7, 11) is -3.69. The van der Waals surface area contributed by atoms with Crippen LogP contribution in [0.4, 0.5) is 0 Å². The number of nitrogens with two attached hydrogens (primary N) is 1. The van der Waals surface area contributed by atoms with Crippen molar-refractivity contribution in [3.05, 3.63) is 47.7 Å². The van der Waals surface area contributed by atoms with Crippen LogP contribution in [-0.4, -0.2) is 14.3 Å². The molecule has 0 atom stereocenters. The third kappa shape index (κ3) is 2.14. The zero-order chi connectivity index (χ0) is 13.3. The molecule has 0 aliphatic rings. The van der Waals surface area contributed by atoms with E-state index in [1.807, 2.05) is 6.92 Å². The van der Waals surface area contributed by atoms with Crippen LogP contribution in [0.2, 0.25) is 0 Å². The molecule has 1 aromatic heterocycles. The molecule has 0 radical (unpaired) electrons. The van der Waals surface area contributed by atoms with Crippen molar-refractivity contribution in [2.24, 2.45) is 5.73 Å². The van der Waals surface area contributed by atoms with E-state index in [0.717, 1.165) is 5.56 Å². The molecule has 0 aliphatic carbocycles. The second kappa shape index (κ2) is 4.30. The van der Waals surface area contributed by atoms with E-state index < -0.39 is 9.84 Å². The molecule has 0 amide bonds.